The minimum Gasteiger partial charge on any atom is -0.469 e. The number of rotatable bonds is 7. The monoisotopic (exact) mass is 371 g/mol. The number of hydrogen-bond donors (Lipinski definition) is 1. The molecule has 0 amide bonds. The summed E-state index contributed by atoms with van der Waals surface area (Å²) in [5.74, 6) is -0.517. The molecule has 0 bridgehead atoms. The summed E-state index contributed by atoms with van der Waals surface area (Å²) >= 11 is 0. The number of benzene rings is 1. The zero-order valence-corrected chi connectivity index (χ0v) is 17.2. The molecule has 0 saturated carbocycles. The summed E-state index contributed by atoms with van der Waals surface area (Å²) in [4.78, 5) is 11.7. The van der Waals surface area contributed by atoms with E-state index < -0.39 is 29.5 Å². The van der Waals surface area contributed by atoms with Crippen LogP contribution < -0.4 is 4.39 Å². The Morgan fingerprint density at radius 3 is 2.21 bits per heavy atom. The van der Waals surface area contributed by atoms with Gasteiger partial charge in [-0.05, 0) is 17.0 Å². The Bertz CT molecular complexity index is 651. The lowest BCUT2D eigenvalue weighted by molar-refractivity contribution is -0.140. The van der Waals surface area contributed by atoms with Gasteiger partial charge in [-0.2, -0.15) is 0 Å². The van der Waals surface area contributed by atoms with Crippen LogP contribution in [-0.4, -0.2) is 35.0 Å². The Morgan fingerprint density at radius 1 is 1.21 bits per heavy atom. The molecule has 0 aliphatic heterocycles. The molecule has 0 spiro atoms. The van der Waals surface area contributed by atoms with Crippen LogP contribution in [0.15, 0.2) is 30.3 Å². The fraction of sp³-hybridized carbons (Fsp3) is 0.588. The van der Waals surface area contributed by atoms with Crippen molar-refractivity contribution in [2.24, 2.45) is 0 Å². The van der Waals surface area contributed by atoms with Gasteiger partial charge in [0.2, 0.25) is 10.0 Å². The summed E-state index contributed by atoms with van der Waals surface area (Å²) < 4.78 is 33.5. The van der Waals surface area contributed by atoms with Gasteiger partial charge in [0, 0.05) is 0 Å². The van der Waals surface area contributed by atoms with Crippen LogP contribution in [0.25, 0.3) is 0 Å². The van der Waals surface area contributed by atoms with Crippen molar-refractivity contribution in [1.82, 2.24) is 4.39 Å². The van der Waals surface area contributed by atoms with Crippen molar-refractivity contribution < 1.29 is 17.9 Å². The topological polar surface area (TPSA) is 72.5 Å². The van der Waals surface area contributed by atoms with Crippen molar-refractivity contribution in [3.05, 3.63) is 35.9 Å². The first-order chi connectivity index (χ1) is 10.9. The quantitative estimate of drug-likeness (QED) is 0.590. The van der Waals surface area contributed by atoms with Gasteiger partial charge in [-0.25, -0.2) is 12.8 Å². The molecular weight excluding hydrogens is 342 g/mol. The molecule has 5 nitrogen and oxygen atoms in total. The highest BCUT2D eigenvalue weighted by Gasteiger charge is 2.41. The van der Waals surface area contributed by atoms with Crippen LogP contribution >= 0.6 is 0 Å². The third-order valence-electron chi connectivity index (χ3n) is 4.64. The maximum absolute atomic E-state index is 13.0. The first-order valence-electron chi connectivity index (χ1n) is 8.02. The van der Waals surface area contributed by atoms with Crippen molar-refractivity contribution in [2.75, 3.05) is 7.11 Å². The molecule has 24 heavy (non-hydrogen) atoms. The average Bonchev–Trinajstić information content (AvgIpc) is 2.45. The van der Waals surface area contributed by atoms with Crippen LogP contribution in [0, 0.1) is 0 Å². The summed E-state index contributed by atoms with van der Waals surface area (Å²) in [7, 11) is -4.65. The standard InChI is InChI=1S/C17H29NO4SSi/c1-17(2,3)24(5,6)18-23(20,21)15(13-16(19)22-4)12-14-10-8-7-9-11-14/h7-11,15,18H,12-13H2,1-6H3. The van der Waals surface area contributed by atoms with Gasteiger partial charge in [0.15, 0.2) is 0 Å². The number of carbonyl (C=O) groups excluding carboxylic acids is 1. The highest BCUT2D eigenvalue weighted by Crippen LogP contribution is 2.34. The molecule has 1 N–H and O–H groups in total. The van der Waals surface area contributed by atoms with Crippen molar-refractivity contribution >= 4 is 24.2 Å². The smallest absolute Gasteiger partial charge is 0.306 e. The molecule has 0 saturated heterocycles. The van der Waals surface area contributed by atoms with E-state index in [1.54, 1.807) is 0 Å². The lowest BCUT2D eigenvalue weighted by Gasteiger charge is -2.37. The normalized spacial score (nSPS) is 14.2. The molecule has 0 aromatic heterocycles. The predicted octanol–water partition coefficient (Wildman–Crippen LogP) is 3.09. The Kier molecular flexibility index (Phi) is 6.78. The Hall–Kier alpha value is -1.18. The van der Waals surface area contributed by atoms with E-state index in [-0.39, 0.29) is 17.9 Å². The number of sulfonamides is 1. The molecular formula is C17H29NO4SSi. The Balaban J connectivity index is 3.10. The maximum Gasteiger partial charge on any atom is 0.306 e. The van der Waals surface area contributed by atoms with E-state index in [0.717, 1.165) is 5.56 Å². The molecule has 1 unspecified atom stereocenters. The van der Waals surface area contributed by atoms with E-state index in [4.69, 9.17) is 4.74 Å². The summed E-state index contributed by atoms with van der Waals surface area (Å²) in [6, 6.07) is 9.33. The molecule has 136 valence electrons. The summed E-state index contributed by atoms with van der Waals surface area (Å²) in [6.07, 6.45) is 0.120. The predicted molar refractivity (Wildman–Crippen MR) is 99.8 cm³/mol. The van der Waals surface area contributed by atoms with Gasteiger partial charge < -0.3 is 4.74 Å². The van der Waals surface area contributed by atoms with Crippen LogP contribution in [-0.2, 0) is 26.0 Å². The first kappa shape index (κ1) is 20.9. The minimum atomic E-state index is -3.66. The summed E-state index contributed by atoms with van der Waals surface area (Å²) in [5.41, 5.74) is 0.881. The molecule has 0 aliphatic carbocycles. The zero-order chi connectivity index (χ0) is 18.6. The van der Waals surface area contributed by atoms with Gasteiger partial charge in [0.1, 0.15) is 8.24 Å². The van der Waals surface area contributed by atoms with E-state index in [9.17, 15) is 13.2 Å². The molecule has 1 rings (SSSR count). The Labute approximate surface area is 146 Å². The number of esters is 1. The van der Waals surface area contributed by atoms with Crippen LogP contribution in [0.2, 0.25) is 18.1 Å². The SMILES string of the molecule is COC(=O)CC(Cc1ccccc1)S(=O)(=O)N[Si](C)(C)C(C)(C)C. The zero-order valence-electron chi connectivity index (χ0n) is 15.4. The second kappa shape index (κ2) is 7.80. The van der Waals surface area contributed by atoms with Crippen molar-refractivity contribution in [3.8, 4) is 0 Å². The molecule has 1 aromatic carbocycles. The van der Waals surface area contributed by atoms with Gasteiger partial charge in [-0.15, -0.1) is 0 Å². The molecule has 1 aromatic rings. The second-order valence-electron chi connectivity index (χ2n) is 7.61. The van der Waals surface area contributed by atoms with Gasteiger partial charge in [-0.3, -0.25) is 4.79 Å². The molecule has 0 heterocycles. The average molecular weight is 372 g/mol. The minimum absolute atomic E-state index is 0.136. The fourth-order valence-electron chi connectivity index (χ4n) is 2.03. The number of ether oxygens (including phenoxy) is 1. The van der Waals surface area contributed by atoms with Crippen LogP contribution in [0.5, 0.6) is 0 Å². The summed E-state index contributed by atoms with van der Waals surface area (Å²) in [5, 5.41) is -0.982. The number of hydrogen-bond acceptors (Lipinski definition) is 4. The van der Waals surface area contributed by atoms with E-state index in [1.807, 2.05) is 64.2 Å². The highest BCUT2D eigenvalue weighted by molar-refractivity contribution is 7.91. The fourth-order valence-corrected chi connectivity index (χ4v) is 7.53. The van der Waals surface area contributed by atoms with Gasteiger partial charge in [-0.1, -0.05) is 64.2 Å². The molecule has 0 fully saturated rings. The maximum atomic E-state index is 13.0. The third kappa shape index (κ3) is 5.72. The largest absolute Gasteiger partial charge is 0.469 e. The first-order valence-corrected chi connectivity index (χ1v) is 12.6. The lowest BCUT2D eigenvalue weighted by atomic mass is 10.1. The molecule has 7 heteroatoms. The van der Waals surface area contributed by atoms with Crippen LogP contribution in [0.1, 0.15) is 32.8 Å². The van der Waals surface area contributed by atoms with Crippen LogP contribution in [0.4, 0.5) is 0 Å². The lowest BCUT2D eigenvalue weighted by Crippen LogP contribution is -2.57. The second-order valence-corrected chi connectivity index (χ2v) is 14.9. The molecule has 0 aliphatic rings. The van der Waals surface area contributed by atoms with Crippen molar-refractivity contribution in [2.45, 2.75) is 57.0 Å². The number of methoxy groups -OCH3 is 1. The van der Waals surface area contributed by atoms with Crippen molar-refractivity contribution in [3.63, 3.8) is 0 Å². The third-order valence-corrected chi connectivity index (χ3v) is 12.8. The molecule has 0 radical (unpaired) electrons. The van der Waals surface area contributed by atoms with E-state index in [2.05, 4.69) is 4.39 Å². The van der Waals surface area contributed by atoms with Crippen LogP contribution in [0.3, 0.4) is 0 Å². The number of carbonyl (C=O) groups is 1. The van der Waals surface area contributed by atoms with Gasteiger partial charge in [0.05, 0.1) is 18.8 Å². The van der Waals surface area contributed by atoms with Crippen molar-refractivity contribution in [1.29, 1.82) is 0 Å². The van der Waals surface area contributed by atoms with E-state index in [0.29, 0.717) is 0 Å². The van der Waals surface area contributed by atoms with E-state index in [1.165, 1.54) is 7.11 Å². The van der Waals surface area contributed by atoms with Gasteiger partial charge in [0.25, 0.3) is 0 Å². The number of nitrogens with one attached hydrogen (secondary N) is 1. The molecule has 1 atom stereocenters. The van der Waals surface area contributed by atoms with E-state index >= 15 is 0 Å². The van der Waals surface area contributed by atoms with Gasteiger partial charge >= 0.3 is 5.97 Å². The highest BCUT2D eigenvalue weighted by atomic mass is 32.2. The Morgan fingerprint density at radius 2 is 1.75 bits per heavy atom. The summed E-state index contributed by atoms with van der Waals surface area (Å²) in [6.45, 7) is 10.1.